The summed E-state index contributed by atoms with van der Waals surface area (Å²) in [6.07, 6.45) is 5.36. The lowest BCUT2D eigenvalue weighted by atomic mass is 9.98. The Hall–Kier alpha value is -1.59. The zero-order chi connectivity index (χ0) is 12.3. The second kappa shape index (κ2) is 5.16. The molecule has 0 unspecified atom stereocenters. The molecule has 0 bridgehead atoms. The molecule has 1 aromatic heterocycles. The summed E-state index contributed by atoms with van der Waals surface area (Å²) in [5.41, 5.74) is 5.89. The van der Waals surface area contributed by atoms with Crippen LogP contribution in [0.25, 0.3) is 0 Å². The molecule has 6 heteroatoms. The molecule has 0 amide bonds. The first kappa shape index (κ1) is 11.9. The van der Waals surface area contributed by atoms with Crippen LogP contribution in [0.5, 0.6) is 0 Å². The summed E-state index contributed by atoms with van der Waals surface area (Å²) in [7, 11) is 0. The number of nitrogens with zero attached hydrogens (tertiary/aromatic N) is 3. The number of nitrogens with two attached hydrogens (primary N) is 1. The van der Waals surface area contributed by atoms with E-state index in [4.69, 9.17) is 10.5 Å². The minimum atomic E-state index is -0.450. The zero-order valence-corrected chi connectivity index (χ0v) is 10.1. The van der Waals surface area contributed by atoms with Gasteiger partial charge in [0.25, 0.3) is 0 Å². The molecular formula is C11H18N4O2. The first-order valence-corrected chi connectivity index (χ1v) is 6.12. The standard InChI is InChI=1S/C11H18N4O2/c1-2-15-10(12)9(13-14-15)11(16)17-8-6-4-3-5-7-8/h8H,2-7,12H2,1H3. The Kier molecular flexibility index (Phi) is 3.61. The number of hydrogen-bond acceptors (Lipinski definition) is 5. The predicted molar refractivity (Wildman–Crippen MR) is 62.4 cm³/mol. The van der Waals surface area contributed by atoms with E-state index < -0.39 is 5.97 Å². The Morgan fingerprint density at radius 3 is 2.76 bits per heavy atom. The van der Waals surface area contributed by atoms with Gasteiger partial charge in [-0.25, -0.2) is 9.48 Å². The normalized spacial score (nSPS) is 17.0. The van der Waals surface area contributed by atoms with Crippen molar-refractivity contribution in [1.82, 2.24) is 15.0 Å². The molecule has 17 heavy (non-hydrogen) atoms. The van der Waals surface area contributed by atoms with Crippen LogP contribution in [0.15, 0.2) is 0 Å². The average Bonchev–Trinajstić information content (AvgIpc) is 2.71. The molecule has 0 aromatic carbocycles. The van der Waals surface area contributed by atoms with Gasteiger partial charge in [-0.1, -0.05) is 11.6 Å². The third-order valence-corrected chi connectivity index (χ3v) is 3.09. The Bertz CT molecular complexity index is 396. The van der Waals surface area contributed by atoms with E-state index in [0.717, 1.165) is 25.7 Å². The van der Waals surface area contributed by atoms with E-state index >= 15 is 0 Å². The highest BCUT2D eigenvalue weighted by molar-refractivity contribution is 5.91. The predicted octanol–water partition coefficient (Wildman–Crippen LogP) is 1.37. The van der Waals surface area contributed by atoms with E-state index in [9.17, 15) is 4.79 Å². The van der Waals surface area contributed by atoms with E-state index in [-0.39, 0.29) is 17.6 Å². The van der Waals surface area contributed by atoms with Crippen molar-refractivity contribution in [3.05, 3.63) is 5.69 Å². The first-order chi connectivity index (χ1) is 8.22. The zero-order valence-electron chi connectivity index (χ0n) is 10.1. The molecule has 1 heterocycles. The first-order valence-electron chi connectivity index (χ1n) is 6.12. The monoisotopic (exact) mass is 238 g/mol. The Labute approximate surface area is 100 Å². The number of rotatable bonds is 3. The largest absolute Gasteiger partial charge is 0.458 e. The SMILES string of the molecule is CCn1nnc(C(=O)OC2CCCCC2)c1N. The molecule has 0 radical (unpaired) electrons. The van der Waals surface area contributed by atoms with Crippen molar-refractivity contribution in [2.24, 2.45) is 0 Å². The molecule has 1 fully saturated rings. The van der Waals surface area contributed by atoms with Crippen molar-refractivity contribution in [3.8, 4) is 0 Å². The molecular weight excluding hydrogens is 220 g/mol. The fourth-order valence-electron chi connectivity index (χ4n) is 2.09. The van der Waals surface area contributed by atoms with Crippen LogP contribution in [0, 0.1) is 0 Å². The van der Waals surface area contributed by atoms with E-state index in [1.807, 2.05) is 6.92 Å². The topological polar surface area (TPSA) is 83.0 Å². The molecule has 1 saturated carbocycles. The fourth-order valence-corrected chi connectivity index (χ4v) is 2.09. The van der Waals surface area contributed by atoms with Gasteiger partial charge in [0.2, 0.25) is 5.69 Å². The van der Waals surface area contributed by atoms with E-state index in [1.165, 1.54) is 11.1 Å². The number of ether oxygens (including phenoxy) is 1. The van der Waals surface area contributed by atoms with Crippen molar-refractivity contribution in [2.45, 2.75) is 51.7 Å². The number of carbonyl (C=O) groups is 1. The molecule has 1 aliphatic carbocycles. The van der Waals surface area contributed by atoms with Gasteiger partial charge in [0.15, 0.2) is 5.82 Å². The second-order valence-electron chi connectivity index (χ2n) is 4.30. The molecule has 0 saturated heterocycles. The highest BCUT2D eigenvalue weighted by atomic mass is 16.5. The lowest BCUT2D eigenvalue weighted by Crippen LogP contribution is -2.21. The van der Waals surface area contributed by atoms with Crippen LogP contribution >= 0.6 is 0 Å². The van der Waals surface area contributed by atoms with Gasteiger partial charge < -0.3 is 10.5 Å². The Morgan fingerprint density at radius 2 is 2.18 bits per heavy atom. The lowest BCUT2D eigenvalue weighted by molar-refractivity contribution is 0.0205. The van der Waals surface area contributed by atoms with Gasteiger partial charge in [0.1, 0.15) is 6.10 Å². The van der Waals surface area contributed by atoms with Gasteiger partial charge >= 0.3 is 5.97 Å². The van der Waals surface area contributed by atoms with Crippen LogP contribution in [0.4, 0.5) is 5.82 Å². The van der Waals surface area contributed by atoms with Gasteiger partial charge in [0.05, 0.1) is 0 Å². The quantitative estimate of drug-likeness (QED) is 0.804. The third-order valence-electron chi connectivity index (χ3n) is 3.09. The number of hydrogen-bond donors (Lipinski definition) is 1. The third kappa shape index (κ3) is 2.57. The molecule has 0 atom stereocenters. The fraction of sp³-hybridized carbons (Fsp3) is 0.727. The van der Waals surface area contributed by atoms with Gasteiger partial charge in [-0.2, -0.15) is 0 Å². The molecule has 94 valence electrons. The van der Waals surface area contributed by atoms with Crippen LogP contribution < -0.4 is 5.73 Å². The minimum Gasteiger partial charge on any atom is -0.458 e. The smallest absolute Gasteiger partial charge is 0.363 e. The average molecular weight is 238 g/mol. The summed E-state index contributed by atoms with van der Waals surface area (Å²) in [5.74, 6) is -0.164. The van der Waals surface area contributed by atoms with E-state index in [1.54, 1.807) is 0 Å². The number of aromatic nitrogens is 3. The molecule has 0 aliphatic heterocycles. The van der Waals surface area contributed by atoms with Crippen molar-refractivity contribution >= 4 is 11.8 Å². The Balaban J connectivity index is 2.01. The van der Waals surface area contributed by atoms with Gasteiger partial charge in [0, 0.05) is 6.54 Å². The lowest BCUT2D eigenvalue weighted by Gasteiger charge is -2.21. The number of aryl methyl sites for hydroxylation is 1. The number of nitrogen functional groups attached to an aromatic ring is 1. The van der Waals surface area contributed by atoms with Crippen molar-refractivity contribution in [1.29, 1.82) is 0 Å². The van der Waals surface area contributed by atoms with Crippen molar-refractivity contribution in [2.75, 3.05) is 5.73 Å². The summed E-state index contributed by atoms with van der Waals surface area (Å²) in [6, 6.07) is 0. The van der Waals surface area contributed by atoms with Crippen LogP contribution in [0.3, 0.4) is 0 Å². The molecule has 2 rings (SSSR count). The maximum absolute atomic E-state index is 11.8. The number of carbonyl (C=O) groups excluding carboxylic acids is 1. The summed E-state index contributed by atoms with van der Waals surface area (Å²) < 4.78 is 6.86. The van der Waals surface area contributed by atoms with E-state index in [2.05, 4.69) is 10.3 Å². The van der Waals surface area contributed by atoms with Gasteiger partial charge in [-0.15, -0.1) is 5.10 Å². The summed E-state index contributed by atoms with van der Waals surface area (Å²) in [6.45, 7) is 2.48. The molecule has 1 aromatic rings. The van der Waals surface area contributed by atoms with Crippen LogP contribution in [0.2, 0.25) is 0 Å². The minimum absolute atomic E-state index is 0.0161. The summed E-state index contributed by atoms with van der Waals surface area (Å²) in [4.78, 5) is 11.8. The van der Waals surface area contributed by atoms with Crippen LogP contribution in [-0.2, 0) is 11.3 Å². The molecule has 0 spiro atoms. The number of esters is 1. The van der Waals surface area contributed by atoms with Gasteiger partial charge in [-0.05, 0) is 32.6 Å². The molecule has 6 nitrogen and oxygen atoms in total. The Morgan fingerprint density at radius 1 is 1.47 bits per heavy atom. The van der Waals surface area contributed by atoms with Crippen molar-refractivity contribution in [3.63, 3.8) is 0 Å². The van der Waals surface area contributed by atoms with Crippen LogP contribution in [-0.4, -0.2) is 27.1 Å². The highest BCUT2D eigenvalue weighted by Crippen LogP contribution is 2.21. The molecule has 1 aliphatic rings. The summed E-state index contributed by atoms with van der Waals surface area (Å²) in [5, 5.41) is 7.55. The number of anilines is 1. The van der Waals surface area contributed by atoms with Crippen molar-refractivity contribution < 1.29 is 9.53 Å². The van der Waals surface area contributed by atoms with Crippen LogP contribution in [0.1, 0.15) is 49.5 Å². The second-order valence-corrected chi connectivity index (χ2v) is 4.30. The molecule has 2 N–H and O–H groups in total. The highest BCUT2D eigenvalue weighted by Gasteiger charge is 2.23. The van der Waals surface area contributed by atoms with Gasteiger partial charge in [-0.3, -0.25) is 0 Å². The summed E-state index contributed by atoms with van der Waals surface area (Å²) >= 11 is 0. The van der Waals surface area contributed by atoms with E-state index in [0.29, 0.717) is 6.54 Å². The maximum atomic E-state index is 11.8. The maximum Gasteiger partial charge on any atom is 0.363 e.